The number of hydrogen-bond acceptors (Lipinski definition) is 3. The van der Waals surface area contributed by atoms with Gasteiger partial charge < -0.3 is 9.88 Å². The van der Waals surface area contributed by atoms with E-state index in [0.717, 1.165) is 0 Å². The predicted octanol–water partition coefficient (Wildman–Crippen LogP) is 4.14. The van der Waals surface area contributed by atoms with Crippen molar-refractivity contribution in [2.75, 3.05) is 10.0 Å². The van der Waals surface area contributed by atoms with Gasteiger partial charge >= 0.3 is 0 Å². The van der Waals surface area contributed by atoms with E-state index in [9.17, 15) is 17.6 Å². The normalized spacial score (nSPS) is 12.9. The van der Waals surface area contributed by atoms with E-state index in [4.69, 9.17) is 0 Å². The maximum absolute atomic E-state index is 14.4. The Hall–Kier alpha value is -3.65. The van der Waals surface area contributed by atoms with Crippen LogP contribution >= 0.6 is 0 Å². The lowest BCUT2D eigenvalue weighted by atomic mass is 10.1. The minimum atomic E-state index is -4.11. The number of carbonyl (C=O) groups is 1. The summed E-state index contributed by atoms with van der Waals surface area (Å²) in [7, 11) is -4.11. The molecule has 3 aromatic carbocycles. The van der Waals surface area contributed by atoms with E-state index in [1.54, 1.807) is 41.2 Å². The molecule has 0 saturated carbocycles. The summed E-state index contributed by atoms with van der Waals surface area (Å²) in [5.41, 5.74) is 1.42. The highest BCUT2D eigenvalue weighted by Gasteiger charge is 2.26. The third-order valence-electron chi connectivity index (χ3n) is 4.88. The van der Waals surface area contributed by atoms with Crippen molar-refractivity contribution in [3.63, 3.8) is 0 Å². The number of sulfonamides is 1. The van der Waals surface area contributed by atoms with Crippen LogP contribution in [0.4, 0.5) is 15.8 Å². The summed E-state index contributed by atoms with van der Waals surface area (Å²) in [6.45, 7) is 0. The molecule has 0 unspecified atom stereocenters. The third-order valence-corrected chi connectivity index (χ3v) is 6.30. The van der Waals surface area contributed by atoms with Gasteiger partial charge in [-0.05, 0) is 48.5 Å². The summed E-state index contributed by atoms with van der Waals surface area (Å²) in [6, 6.07) is 15.7. The average molecular weight is 407 g/mol. The first-order valence-electron chi connectivity index (χ1n) is 8.77. The van der Waals surface area contributed by atoms with Crippen molar-refractivity contribution in [3.05, 3.63) is 84.4 Å². The van der Waals surface area contributed by atoms with Crippen LogP contribution in [-0.4, -0.2) is 18.9 Å². The van der Waals surface area contributed by atoms with Gasteiger partial charge in [-0.25, -0.2) is 12.8 Å². The lowest BCUT2D eigenvalue weighted by Gasteiger charge is -2.13. The summed E-state index contributed by atoms with van der Waals surface area (Å²) >= 11 is 0. The lowest BCUT2D eigenvalue weighted by Crippen LogP contribution is -2.15. The van der Waals surface area contributed by atoms with Crippen LogP contribution in [0.5, 0.6) is 0 Å². The number of anilines is 2. The Bertz CT molecular complexity index is 1400. The number of amides is 1. The Kier molecular flexibility index (Phi) is 3.72. The molecule has 2 N–H and O–H groups in total. The van der Waals surface area contributed by atoms with Crippen molar-refractivity contribution in [2.45, 2.75) is 4.90 Å². The van der Waals surface area contributed by atoms with Gasteiger partial charge in [-0.15, -0.1) is 0 Å². The van der Waals surface area contributed by atoms with Gasteiger partial charge in [0, 0.05) is 40.1 Å². The molecule has 2 heterocycles. The molecule has 0 saturated heterocycles. The van der Waals surface area contributed by atoms with Crippen LogP contribution in [-0.2, 0) is 10.0 Å². The predicted molar refractivity (Wildman–Crippen MR) is 108 cm³/mol. The lowest BCUT2D eigenvalue weighted by molar-refractivity contribution is 0.103. The van der Waals surface area contributed by atoms with E-state index in [0.29, 0.717) is 27.7 Å². The Morgan fingerprint density at radius 1 is 0.966 bits per heavy atom. The second kappa shape index (κ2) is 6.18. The molecule has 5 rings (SSSR count). The fourth-order valence-corrected chi connectivity index (χ4v) is 4.82. The molecule has 0 atom stereocenters. The number of rotatable bonds is 4. The van der Waals surface area contributed by atoms with Crippen LogP contribution in [0.3, 0.4) is 0 Å². The molecule has 1 amide bonds. The van der Waals surface area contributed by atoms with Crippen molar-refractivity contribution in [3.8, 4) is 5.69 Å². The van der Waals surface area contributed by atoms with Gasteiger partial charge in [-0.2, -0.15) is 0 Å². The van der Waals surface area contributed by atoms with Gasteiger partial charge in [0.25, 0.3) is 15.9 Å². The van der Waals surface area contributed by atoms with Gasteiger partial charge in [0.2, 0.25) is 0 Å². The van der Waals surface area contributed by atoms with Crippen LogP contribution in [0.25, 0.3) is 16.5 Å². The van der Waals surface area contributed by atoms with E-state index in [1.165, 1.54) is 24.3 Å². The number of benzene rings is 3. The number of nitrogens with one attached hydrogen (secondary N) is 2. The molecule has 1 aromatic heterocycles. The molecule has 1 aliphatic rings. The fourth-order valence-electron chi connectivity index (χ4n) is 3.56. The number of carbonyl (C=O) groups excluding carboxylic acids is 1. The molecule has 4 aromatic rings. The highest BCUT2D eigenvalue weighted by Crippen LogP contribution is 2.37. The topological polar surface area (TPSA) is 80.2 Å². The van der Waals surface area contributed by atoms with Crippen LogP contribution in [0.1, 0.15) is 10.4 Å². The standard InChI is InChI=1S/C21H14FN3O3S/c22-16-7-6-13(25-10-1-2-11-25)12-18(16)24-29(27,28)19-9-8-17-20-14(19)4-3-5-15(20)21(26)23-17/h1-12,24H,(H,23,26). The molecule has 0 fully saturated rings. The second-order valence-corrected chi connectivity index (χ2v) is 8.30. The van der Waals surface area contributed by atoms with Crippen LogP contribution in [0.2, 0.25) is 0 Å². The van der Waals surface area contributed by atoms with Gasteiger partial charge in [0.1, 0.15) is 5.82 Å². The van der Waals surface area contributed by atoms with Gasteiger partial charge in [0.05, 0.1) is 10.6 Å². The molecule has 8 heteroatoms. The first kappa shape index (κ1) is 17.4. The van der Waals surface area contributed by atoms with Crippen LogP contribution in [0, 0.1) is 5.82 Å². The zero-order chi connectivity index (χ0) is 20.2. The van der Waals surface area contributed by atoms with E-state index in [2.05, 4.69) is 10.0 Å². The molecule has 1 aliphatic heterocycles. The largest absolute Gasteiger partial charge is 0.324 e. The molecule has 6 nitrogen and oxygen atoms in total. The maximum atomic E-state index is 14.4. The number of halogens is 1. The van der Waals surface area contributed by atoms with Gasteiger partial charge in [0.15, 0.2) is 0 Å². The Morgan fingerprint density at radius 3 is 2.55 bits per heavy atom. The minimum absolute atomic E-state index is 0.0274. The molecular weight excluding hydrogens is 393 g/mol. The van der Waals surface area contributed by atoms with Crippen LogP contribution < -0.4 is 10.0 Å². The van der Waals surface area contributed by atoms with Gasteiger partial charge in [-0.3, -0.25) is 9.52 Å². The number of hydrogen-bond donors (Lipinski definition) is 2. The van der Waals surface area contributed by atoms with Gasteiger partial charge in [-0.1, -0.05) is 12.1 Å². The summed E-state index contributed by atoms with van der Waals surface area (Å²) in [5.74, 6) is -0.967. The molecule has 144 valence electrons. The first-order valence-corrected chi connectivity index (χ1v) is 10.3. The number of aromatic nitrogens is 1. The van der Waals surface area contributed by atoms with E-state index < -0.39 is 15.8 Å². The molecule has 0 radical (unpaired) electrons. The Labute approximate surface area is 165 Å². The Morgan fingerprint density at radius 2 is 1.76 bits per heavy atom. The zero-order valence-corrected chi connectivity index (χ0v) is 15.7. The quantitative estimate of drug-likeness (QED) is 0.534. The molecule has 0 spiro atoms. The summed E-state index contributed by atoms with van der Waals surface area (Å²) in [4.78, 5) is 12.0. The van der Waals surface area contributed by atoms with Crippen molar-refractivity contribution < 1.29 is 17.6 Å². The highest BCUT2D eigenvalue weighted by molar-refractivity contribution is 7.93. The van der Waals surface area contributed by atoms with E-state index in [1.807, 2.05) is 12.1 Å². The van der Waals surface area contributed by atoms with Crippen LogP contribution in [0.15, 0.2) is 78.0 Å². The highest BCUT2D eigenvalue weighted by atomic mass is 32.2. The van der Waals surface area contributed by atoms with Crippen molar-refractivity contribution >= 4 is 38.1 Å². The smallest absolute Gasteiger partial charge is 0.262 e. The SMILES string of the molecule is O=C1Nc2ccc(S(=O)(=O)Nc3cc(-n4cccc4)ccc3F)c3cccc1c23. The zero-order valence-electron chi connectivity index (χ0n) is 14.9. The molecule has 0 bridgehead atoms. The number of nitrogens with zero attached hydrogens (tertiary/aromatic N) is 1. The van der Waals surface area contributed by atoms with Crippen molar-refractivity contribution in [1.29, 1.82) is 0 Å². The summed E-state index contributed by atoms with van der Waals surface area (Å²) in [6.07, 6.45) is 3.55. The fraction of sp³-hybridized carbons (Fsp3) is 0. The average Bonchev–Trinajstić information content (AvgIpc) is 3.34. The van der Waals surface area contributed by atoms with Crippen molar-refractivity contribution in [2.24, 2.45) is 0 Å². The first-order chi connectivity index (χ1) is 13.9. The van der Waals surface area contributed by atoms with E-state index in [-0.39, 0.29) is 16.5 Å². The van der Waals surface area contributed by atoms with Crippen molar-refractivity contribution in [1.82, 2.24) is 4.57 Å². The summed E-state index contributed by atoms with van der Waals surface area (Å²) < 4.78 is 44.7. The Balaban J connectivity index is 1.61. The second-order valence-electron chi connectivity index (χ2n) is 6.65. The maximum Gasteiger partial charge on any atom is 0.262 e. The van der Waals surface area contributed by atoms with E-state index >= 15 is 0 Å². The molecular formula is C21H14FN3O3S. The molecule has 0 aliphatic carbocycles. The summed E-state index contributed by atoms with van der Waals surface area (Å²) in [5, 5.41) is 3.65. The third kappa shape index (κ3) is 2.76. The minimum Gasteiger partial charge on any atom is -0.324 e. The monoisotopic (exact) mass is 407 g/mol. The molecule has 29 heavy (non-hydrogen) atoms.